The summed E-state index contributed by atoms with van der Waals surface area (Å²) in [4.78, 5) is 24.1. The van der Waals surface area contributed by atoms with Crippen molar-refractivity contribution < 1.29 is 19.1 Å². The molecular weight excluding hydrogens is 308 g/mol. The van der Waals surface area contributed by atoms with Crippen molar-refractivity contribution >= 4 is 23.2 Å². The Bertz CT molecular complexity index is 802. The molecule has 1 aliphatic heterocycles. The molecule has 0 saturated heterocycles. The van der Waals surface area contributed by atoms with E-state index in [0.29, 0.717) is 17.2 Å². The van der Waals surface area contributed by atoms with Crippen LogP contribution in [0.1, 0.15) is 17.5 Å². The van der Waals surface area contributed by atoms with E-state index >= 15 is 0 Å². The monoisotopic (exact) mass is 326 g/mol. The molecule has 0 aliphatic carbocycles. The highest BCUT2D eigenvalue weighted by Gasteiger charge is 2.15. The van der Waals surface area contributed by atoms with Crippen molar-refractivity contribution in [2.24, 2.45) is 0 Å². The molecule has 1 heterocycles. The average Bonchev–Trinajstić information content (AvgIpc) is 2.99. The number of benzene rings is 2. The van der Waals surface area contributed by atoms with Crippen molar-refractivity contribution in [2.45, 2.75) is 20.3 Å². The number of amides is 2. The van der Waals surface area contributed by atoms with Crippen molar-refractivity contribution in [2.75, 3.05) is 17.4 Å². The third-order valence-electron chi connectivity index (χ3n) is 3.86. The van der Waals surface area contributed by atoms with Gasteiger partial charge in [0.15, 0.2) is 11.5 Å². The fourth-order valence-electron chi connectivity index (χ4n) is 2.41. The Morgan fingerprint density at radius 3 is 2.58 bits per heavy atom. The molecule has 2 N–H and O–H groups in total. The zero-order valence-electron chi connectivity index (χ0n) is 13.5. The maximum atomic E-state index is 12.0. The van der Waals surface area contributed by atoms with Crippen molar-refractivity contribution in [1.82, 2.24) is 0 Å². The topological polar surface area (TPSA) is 76.7 Å². The Morgan fingerprint density at radius 2 is 1.75 bits per heavy atom. The quantitative estimate of drug-likeness (QED) is 0.847. The van der Waals surface area contributed by atoms with E-state index in [0.717, 1.165) is 16.8 Å². The molecule has 2 aromatic carbocycles. The Balaban J connectivity index is 1.58. The first kappa shape index (κ1) is 15.9. The Labute approximate surface area is 139 Å². The second-order valence-corrected chi connectivity index (χ2v) is 5.59. The normalized spacial score (nSPS) is 11.9. The second kappa shape index (κ2) is 6.62. The van der Waals surface area contributed by atoms with Crippen molar-refractivity contribution in [3.8, 4) is 11.5 Å². The lowest BCUT2D eigenvalue weighted by Gasteiger charge is -2.10. The lowest BCUT2D eigenvalue weighted by Crippen LogP contribution is -2.21. The van der Waals surface area contributed by atoms with Crippen LogP contribution >= 0.6 is 0 Å². The smallest absolute Gasteiger partial charge is 0.233 e. The first-order valence-electron chi connectivity index (χ1n) is 7.58. The fourth-order valence-corrected chi connectivity index (χ4v) is 2.41. The van der Waals surface area contributed by atoms with Crippen LogP contribution in [0.15, 0.2) is 36.4 Å². The highest BCUT2D eigenvalue weighted by Crippen LogP contribution is 2.34. The molecule has 0 saturated carbocycles. The molecule has 0 atom stereocenters. The predicted octanol–water partition coefficient (Wildman–Crippen LogP) is 3.00. The number of carbonyl (C=O) groups is 2. The van der Waals surface area contributed by atoms with Crippen molar-refractivity contribution in [3.63, 3.8) is 0 Å². The molecule has 124 valence electrons. The van der Waals surface area contributed by atoms with Crippen LogP contribution < -0.4 is 20.1 Å². The summed E-state index contributed by atoms with van der Waals surface area (Å²) in [6.45, 7) is 4.07. The van der Waals surface area contributed by atoms with E-state index in [2.05, 4.69) is 10.6 Å². The van der Waals surface area contributed by atoms with Crippen LogP contribution in [0, 0.1) is 13.8 Å². The number of nitrogens with one attached hydrogen (secondary N) is 2. The first-order valence-corrected chi connectivity index (χ1v) is 7.58. The van der Waals surface area contributed by atoms with Crippen LogP contribution in [-0.2, 0) is 9.59 Å². The van der Waals surface area contributed by atoms with Crippen LogP contribution in [-0.4, -0.2) is 18.6 Å². The molecule has 0 bridgehead atoms. The average molecular weight is 326 g/mol. The summed E-state index contributed by atoms with van der Waals surface area (Å²) in [6.07, 6.45) is -0.262. The van der Waals surface area contributed by atoms with Gasteiger partial charge in [-0.25, -0.2) is 0 Å². The molecule has 0 radical (unpaired) electrons. The van der Waals surface area contributed by atoms with Gasteiger partial charge < -0.3 is 20.1 Å². The minimum atomic E-state index is -0.392. The SMILES string of the molecule is Cc1cccc(NC(=O)CC(=O)Nc2ccc3c(c2)OCO3)c1C. The molecule has 2 aromatic rings. The molecule has 6 heteroatoms. The highest BCUT2D eigenvalue weighted by molar-refractivity contribution is 6.08. The van der Waals surface area contributed by atoms with Gasteiger partial charge in [-0.3, -0.25) is 9.59 Å². The Hall–Kier alpha value is -3.02. The lowest BCUT2D eigenvalue weighted by molar-refractivity contribution is -0.123. The number of carbonyl (C=O) groups excluding carboxylic acids is 2. The lowest BCUT2D eigenvalue weighted by atomic mass is 10.1. The van der Waals surface area contributed by atoms with Gasteiger partial charge in [0.2, 0.25) is 18.6 Å². The molecule has 0 spiro atoms. The summed E-state index contributed by atoms with van der Waals surface area (Å²) in [7, 11) is 0. The van der Waals surface area contributed by atoms with Gasteiger partial charge in [0.05, 0.1) is 0 Å². The van der Waals surface area contributed by atoms with Crippen LogP contribution in [0.3, 0.4) is 0 Å². The number of rotatable bonds is 4. The summed E-state index contributed by atoms with van der Waals surface area (Å²) in [5, 5.41) is 5.44. The van der Waals surface area contributed by atoms with Gasteiger partial charge >= 0.3 is 0 Å². The van der Waals surface area contributed by atoms with E-state index in [4.69, 9.17) is 9.47 Å². The van der Waals surface area contributed by atoms with Crippen molar-refractivity contribution in [1.29, 1.82) is 0 Å². The van der Waals surface area contributed by atoms with Gasteiger partial charge in [0, 0.05) is 17.4 Å². The number of fused-ring (bicyclic) bond motifs is 1. The Morgan fingerprint density at radius 1 is 1.00 bits per heavy atom. The Kier molecular flexibility index (Phi) is 4.37. The molecule has 0 aromatic heterocycles. The third-order valence-corrected chi connectivity index (χ3v) is 3.86. The maximum Gasteiger partial charge on any atom is 0.233 e. The van der Waals surface area contributed by atoms with Crippen LogP contribution in [0.25, 0.3) is 0 Å². The zero-order valence-corrected chi connectivity index (χ0v) is 13.5. The maximum absolute atomic E-state index is 12.0. The summed E-state index contributed by atoms with van der Waals surface area (Å²) in [6, 6.07) is 10.7. The minimum Gasteiger partial charge on any atom is -0.454 e. The van der Waals surface area contributed by atoms with E-state index in [-0.39, 0.29) is 19.1 Å². The van der Waals surface area contributed by atoms with Gasteiger partial charge in [0.25, 0.3) is 0 Å². The van der Waals surface area contributed by atoms with Gasteiger partial charge in [-0.05, 0) is 43.2 Å². The molecule has 0 fully saturated rings. The van der Waals surface area contributed by atoms with E-state index in [1.165, 1.54) is 0 Å². The number of hydrogen-bond acceptors (Lipinski definition) is 4. The summed E-state index contributed by atoms with van der Waals surface area (Å²) in [5.74, 6) is 0.465. The highest BCUT2D eigenvalue weighted by atomic mass is 16.7. The van der Waals surface area contributed by atoms with E-state index in [1.807, 2.05) is 32.0 Å². The summed E-state index contributed by atoms with van der Waals surface area (Å²) >= 11 is 0. The van der Waals surface area contributed by atoms with Gasteiger partial charge in [-0.2, -0.15) is 0 Å². The van der Waals surface area contributed by atoms with Gasteiger partial charge in [-0.1, -0.05) is 12.1 Å². The largest absolute Gasteiger partial charge is 0.454 e. The number of anilines is 2. The molecule has 0 unspecified atom stereocenters. The summed E-state index contributed by atoms with van der Waals surface area (Å²) < 4.78 is 10.5. The molecule has 2 amide bonds. The second-order valence-electron chi connectivity index (χ2n) is 5.59. The molecular formula is C18H18N2O4. The minimum absolute atomic E-state index is 0.172. The van der Waals surface area contributed by atoms with Crippen LogP contribution in [0.2, 0.25) is 0 Å². The standard InChI is InChI=1S/C18H18N2O4/c1-11-4-3-5-14(12(11)2)20-18(22)9-17(21)19-13-6-7-15-16(8-13)24-10-23-15/h3-8H,9-10H2,1-2H3,(H,19,21)(H,20,22). The fraction of sp³-hybridized carbons (Fsp3) is 0.222. The summed E-state index contributed by atoms with van der Waals surface area (Å²) in [5.41, 5.74) is 3.35. The number of hydrogen-bond donors (Lipinski definition) is 2. The molecule has 24 heavy (non-hydrogen) atoms. The van der Waals surface area contributed by atoms with Gasteiger partial charge in [-0.15, -0.1) is 0 Å². The number of ether oxygens (including phenoxy) is 2. The van der Waals surface area contributed by atoms with Crippen LogP contribution in [0.4, 0.5) is 11.4 Å². The zero-order chi connectivity index (χ0) is 17.1. The first-order chi connectivity index (χ1) is 11.5. The van der Waals surface area contributed by atoms with E-state index < -0.39 is 5.91 Å². The van der Waals surface area contributed by atoms with E-state index in [9.17, 15) is 9.59 Å². The van der Waals surface area contributed by atoms with E-state index in [1.54, 1.807) is 18.2 Å². The van der Waals surface area contributed by atoms with Crippen molar-refractivity contribution in [3.05, 3.63) is 47.5 Å². The van der Waals surface area contributed by atoms with Crippen LogP contribution in [0.5, 0.6) is 11.5 Å². The third kappa shape index (κ3) is 3.48. The molecule has 1 aliphatic rings. The predicted molar refractivity (Wildman–Crippen MR) is 90.4 cm³/mol. The number of aryl methyl sites for hydroxylation is 1. The van der Waals surface area contributed by atoms with Gasteiger partial charge in [0.1, 0.15) is 6.42 Å². The molecule has 3 rings (SSSR count). The molecule has 6 nitrogen and oxygen atoms in total.